The summed E-state index contributed by atoms with van der Waals surface area (Å²) in [6.07, 6.45) is 19.2. The number of nitriles is 1. The van der Waals surface area contributed by atoms with E-state index in [2.05, 4.69) is 36.4 Å². The van der Waals surface area contributed by atoms with Crippen molar-refractivity contribution in [3.63, 3.8) is 0 Å². The molecule has 2 rings (SSSR count). The van der Waals surface area contributed by atoms with E-state index in [-0.39, 0.29) is 0 Å². The number of benzene rings is 1. The molecule has 2 nitrogen and oxygen atoms in total. The highest BCUT2D eigenvalue weighted by molar-refractivity contribution is 5.76. The minimum Gasteiger partial charge on any atom is -0.497 e. The van der Waals surface area contributed by atoms with Gasteiger partial charge < -0.3 is 4.74 Å². The van der Waals surface area contributed by atoms with E-state index in [4.69, 9.17) is 10.00 Å². The maximum atomic E-state index is 8.70. The Morgan fingerprint density at radius 3 is 2.60 bits per heavy atom. The summed E-state index contributed by atoms with van der Waals surface area (Å²) in [6, 6.07) is 10.1. The maximum absolute atomic E-state index is 8.70. The summed E-state index contributed by atoms with van der Waals surface area (Å²) in [7, 11) is 1.67. The standard InChI is InChI=1S/C23H25NO/c1-19(17-18-24)7-6-10-21(12-11-20-8-4-3-5-9-20)22-13-15-23(25-2)16-14-22/h6-8,10-17H,3-5,9H2,1-2H3/b7-6+,12-11+,19-17+,21-10-. The molecule has 0 aromatic heterocycles. The van der Waals surface area contributed by atoms with Crippen molar-refractivity contribution in [2.24, 2.45) is 0 Å². The molecule has 0 unspecified atom stereocenters. The first-order valence-corrected chi connectivity index (χ1v) is 8.69. The van der Waals surface area contributed by atoms with Gasteiger partial charge in [0, 0.05) is 6.08 Å². The Hall–Kier alpha value is -2.79. The van der Waals surface area contributed by atoms with Crippen molar-refractivity contribution < 1.29 is 4.74 Å². The van der Waals surface area contributed by atoms with Crippen molar-refractivity contribution >= 4 is 5.57 Å². The normalized spacial score (nSPS) is 16.1. The van der Waals surface area contributed by atoms with Crippen LogP contribution in [0.1, 0.15) is 38.2 Å². The summed E-state index contributed by atoms with van der Waals surface area (Å²) in [5, 5.41) is 8.70. The first-order chi connectivity index (χ1) is 12.2. The highest BCUT2D eigenvalue weighted by Gasteiger charge is 2.02. The molecule has 0 saturated carbocycles. The average Bonchev–Trinajstić information content (AvgIpc) is 2.65. The molecule has 0 saturated heterocycles. The maximum Gasteiger partial charge on any atom is 0.118 e. The van der Waals surface area contributed by atoms with Crippen LogP contribution in [0.25, 0.3) is 5.57 Å². The predicted molar refractivity (Wildman–Crippen MR) is 105 cm³/mol. The zero-order chi connectivity index (χ0) is 17.9. The van der Waals surface area contributed by atoms with E-state index in [1.54, 1.807) is 13.2 Å². The lowest BCUT2D eigenvalue weighted by atomic mass is 9.97. The quantitative estimate of drug-likeness (QED) is 0.462. The van der Waals surface area contributed by atoms with Crippen LogP contribution in [0.15, 0.2) is 77.9 Å². The number of hydrogen-bond acceptors (Lipinski definition) is 2. The number of ether oxygens (including phenoxy) is 1. The summed E-state index contributed by atoms with van der Waals surface area (Å²) in [6.45, 7) is 1.92. The van der Waals surface area contributed by atoms with E-state index in [1.165, 1.54) is 24.8 Å². The minimum atomic E-state index is 0.852. The summed E-state index contributed by atoms with van der Waals surface area (Å²) in [5.41, 5.74) is 4.62. The first-order valence-electron chi connectivity index (χ1n) is 8.69. The SMILES string of the molecule is COc1ccc(C(=C\C=C\C(C)=C\C#N)/C=C/C2=CCCCC2)cc1. The number of rotatable bonds is 6. The molecule has 128 valence electrons. The zero-order valence-electron chi connectivity index (χ0n) is 15.0. The first kappa shape index (κ1) is 18.5. The van der Waals surface area contributed by atoms with Crippen LogP contribution in [0, 0.1) is 11.3 Å². The van der Waals surface area contributed by atoms with E-state index in [1.807, 2.05) is 37.3 Å². The van der Waals surface area contributed by atoms with Crippen molar-refractivity contribution in [1.29, 1.82) is 5.26 Å². The summed E-state index contributed by atoms with van der Waals surface area (Å²) >= 11 is 0. The molecule has 1 aliphatic rings. The van der Waals surface area contributed by atoms with E-state index in [0.29, 0.717) is 0 Å². The number of hydrogen-bond donors (Lipinski definition) is 0. The molecule has 0 spiro atoms. The van der Waals surface area contributed by atoms with Gasteiger partial charge in [0.1, 0.15) is 5.75 Å². The minimum absolute atomic E-state index is 0.852. The van der Waals surface area contributed by atoms with Crippen LogP contribution in [-0.4, -0.2) is 7.11 Å². The Morgan fingerprint density at radius 1 is 1.16 bits per heavy atom. The van der Waals surface area contributed by atoms with E-state index >= 15 is 0 Å². The lowest BCUT2D eigenvalue weighted by molar-refractivity contribution is 0.415. The fourth-order valence-corrected chi connectivity index (χ4v) is 2.70. The highest BCUT2D eigenvalue weighted by Crippen LogP contribution is 2.23. The highest BCUT2D eigenvalue weighted by atomic mass is 16.5. The van der Waals surface area contributed by atoms with Crippen LogP contribution < -0.4 is 4.74 Å². The van der Waals surface area contributed by atoms with Crippen molar-refractivity contribution in [3.05, 3.63) is 83.5 Å². The van der Waals surface area contributed by atoms with Crippen LogP contribution in [0.5, 0.6) is 5.75 Å². The van der Waals surface area contributed by atoms with E-state index in [0.717, 1.165) is 28.9 Å². The number of methoxy groups -OCH3 is 1. The van der Waals surface area contributed by atoms with Crippen LogP contribution in [0.4, 0.5) is 0 Å². The molecule has 0 radical (unpaired) electrons. The smallest absolute Gasteiger partial charge is 0.118 e. The fraction of sp³-hybridized carbons (Fsp3) is 0.261. The molecular weight excluding hydrogens is 306 g/mol. The summed E-state index contributed by atoms with van der Waals surface area (Å²) < 4.78 is 5.24. The summed E-state index contributed by atoms with van der Waals surface area (Å²) in [5.74, 6) is 0.852. The van der Waals surface area contributed by atoms with E-state index in [9.17, 15) is 0 Å². The van der Waals surface area contributed by atoms with Crippen molar-refractivity contribution in [1.82, 2.24) is 0 Å². The van der Waals surface area contributed by atoms with Gasteiger partial charge in [0.15, 0.2) is 0 Å². The molecule has 0 bridgehead atoms. The lowest BCUT2D eigenvalue weighted by Gasteiger charge is -2.09. The molecular formula is C23H25NO. The van der Waals surface area contributed by atoms with Crippen molar-refractivity contribution in [3.8, 4) is 11.8 Å². The molecule has 0 amide bonds. The molecule has 1 aromatic rings. The molecule has 1 aromatic carbocycles. The lowest BCUT2D eigenvalue weighted by Crippen LogP contribution is -1.89. The molecule has 1 aliphatic carbocycles. The molecule has 2 heteroatoms. The van der Waals surface area contributed by atoms with Gasteiger partial charge in [-0.1, -0.05) is 54.2 Å². The topological polar surface area (TPSA) is 33.0 Å². The third-order valence-corrected chi connectivity index (χ3v) is 4.15. The second kappa shape index (κ2) is 10.2. The van der Waals surface area contributed by atoms with Gasteiger partial charge in [-0.25, -0.2) is 0 Å². The van der Waals surface area contributed by atoms with Crippen LogP contribution in [-0.2, 0) is 0 Å². The molecule has 0 aliphatic heterocycles. The monoisotopic (exact) mass is 331 g/mol. The Kier molecular flexibility index (Phi) is 7.53. The Bertz CT molecular complexity index is 752. The molecule has 0 N–H and O–H groups in total. The molecule has 25 heavy (non-hydrogen) atoms. The average molecular weight is 331 g/mol. The van der Waals surface area contributed by atoms with Crippen LogP contribution in [0.2, 0.25) is 0 Å². The Labute approximate surface area is 151 Å². The van der Waals surface area contributed by atoms with Crippen LogP contribution in [0.3, 0.4) is 0 Å². The third kappa shape index (κ3) is 6.31. The van der Waals surface area contributed by atoms with Gasteiger partial charge in [0.05, 0.1) is 13.2 Å². The largest absolute Gasteiger partial charge is 0.497 e. The zero-order valence-corrected chi connectivity index (χ0v) is 15.0. The van der Waals surface area contributed by atoms with Gasteiger partial charge in [-0.3, -0.25) is 0 Å². The fourth-order valence-electron chi connectivity index (χ4n) is 2.70. The number of nitrogens with zero attached hydrogens (tertiary/aromatic N) is 1. The van der Waals surface area contributed by atoms with Gasteiger partial charge >= 0.3 is 0 Å². The van der Waals surface area contributed by atoms with Crippen LogP contribution >= 0.6 is 0 Å². The van der Waals surface area contributed by atoms with Crippen molar-refractivity contribution in [2.45, 2.75) is 32.6 Å². The van der Waals surface area contributed by atoms with Gasteiger partial charge in [-0.15, -0.1) is 0 Å². The predicted octanol–water partition coefficient (Wildman–Crippen LogP) is 6.16. The van der Waals surface area contributed by atoms with Gasteiger partial charge in [-0.2, -0.15) is 5.26 Å². The number of allylic oxidation sites excluding steroid dienone is 10. The molecule has 0 heterocycles. The van der Waals surface area contributed by atoms with Gasteiger partial charge in [-0.05, 0) is 61.4 Å². The molecule has 0 fully saturated rings. The third-order valence-electron chi connectivity index (χ3n) is 4.15. The van der Waals surface area contributed by atoms with Crippen molar-refractivity contribution in [2.75, 3.05) is 7.11 Å². The summed E-state index contributed by atoms with van der Waals surface area (Å²) in [4.78, 5) is 0. The van der Waals surface area contributed by atoms with E-state index < -0.39 is 0 Å². The van der Waals surface area contributed by atoms with Gasteiger partial charge in [0.2, 0.25) is 0 Å². The second-order valence-electron chi connectivity index (χ2n) is 6.09. The Balaban J connectivity index is 2.26. The second-order valence-corrected chi connectivity index (χ2v) is 6.09. The molecule has 0 atom stereocenters. The Morgan fingerprint density at radius 2 is 1.96 bits per heavy atom. The van der Waals surface area contributed by atoms with Gasteiger partial charge in [0.25, 0.3) is 0 Å².